The van der Waals surface area contributed by atoms with Gasteiger partial charge in [-0.1, -0.05) is 13.8 Å². The fourth-order valence-corrected chi connectivity index (χ4v) is 4.48. The number of rotatable bonds is 3. The van der Waals surface area contributed by atoms with Crippen LogP contribution in [0.3, 0.4) is 0 Å². The lowest BCUT2D eigenvalue weighted by molar-refractivity contribution is 0.0581. The molecule has 0 aliphatic carbocycles. The Balaban J connectivity index is 1.45. The SMILES string of the molecule is Cc1cc(CN2CCc3oc(C(=O)N4C[C@H](C)C[C@H](C)C4)nc3C2)n(C)n1. The Kier molecular flexibility index (Phi) is 4.80. The maximum Gasteiger partial charge on any atom is 0.309 e. The van der Waals surface area contributed by atoms with Gasteiger partial charge in [-0.25, -0.2) is 4.98 Å². The van der Waals surface area contributed by atoms with Crippen molar-refractivity contribution in [1.29, 1.82) is 0 Å². The number of hydrogen-bond acceptors (Lipinski definition) is 5. The zero-order chi connectivity index (χ0) is 19.1. The molecular formula is C20H29N5O2. The van der Waals surface area contributed by atoms with Gasteiger partial charge >= 0.3 is 5.91 Å². The molecule has 4 heterocycles. The van der Waals surface area contributed by atoms with Gasteiger partial charge in [-0.15, -0.1) is 0 Å². The van der Waals surface area contributed by atoms with Gasteiger partial charge in [0, 0.05) is 46.2 Å². The first-order valence-corrected chi connectivity index (χ1v) is 9.88. The number of fused-ring (bicyclic) bond motifs is 1. The molecule has 0 radical (unpaired) electrons. The number of nitrogens with zero attached hydrogens (tertiary/aromatic N) is 5. The molecular weight excluding hydrogens is 342 g/mol. The van der Waals surface area contributed by atoms with E-state index in [1.807, 2.05) is 23.6 Å². The van der Waals surface area contributed by atoms with Crippen molar-refractivity contribution in [1.82, 2.24) is 24.6 Å². The molecule has 0 spiro atoms. The third-order valence-electron chi connectivity index (χ3n) is 5.63. The van der Waals surface area contributed by atoms with E-state index in [-0.39, 0.29) is 11.8 Å². The molecule has 0 saturated carbocycles. The monoisotopic (exact) mass is 371 g/mol. The molecule has 0 N–H and O–H groups in total. The van der Waals surface area contributed by atoms with Crippen molar-refractivity contribution < 1.29 is 9.21 Å². The number of likely N-dealkylation sites (tertiary alicyclic amines) is 1. The average Bonchev–Trinajstić information content (AvgIpc) is 3.15. The Morgan fingerprint density at radius 3 is 2.70 bits per heavy atom. The smallest absolute Gasteiger partial charge is 0.309 e. The van der Waals surface area contributed by atoms with Crippen LogP contribution in [-0.2, 0) is 26.6 Å². The molecule has 7 nitrogen and oxygen atoms in total. The lowest BCUT2D eigenvalue weighted by Crippen LogP contribution is -2.42. The van der Waals surface area contributed by atoms with Gasteiger partial charge in [0.05, 0.1) is 17.1 Å². The number of carbonyl (C=O) groups is 1. The topological polar surface area (TPSA) is 67.4 Å². The Labute approximate surface area is 160 Å². The van der Waals surface area contributed by atoms with Crippen molar-refractivity contribution in [3.63, 3.8) is 0 Å². The first-order valence-electron chi connectivity index (χ1n) is 9.88. The van der Waals surface area contributed by atoms with Gasteiger partial charge in [0.25, 0.3) is 5.89 Å². The van der Waals surface area contributed by atoms with Crippen molar-refractivity contribution in [3.8, 4) is 0 Å². The Morgan fingerprint density at radius 2 is 2.04 bits per heavy atom. The van der Waals surface area contributed by atoms with Crippen LogP contribution >= 0.6 is 0 Å². The molecule has 0 aromatic carbocycles. The van der Waals surface area contributed by atoms with Gasteiger partial charge in [0.2, 0.25) is 0 Å². The van der Waals surface area contributed by atoms with E-state index in [9.17, 15) is 4.79 Å². The summed E-state index contributed by atoms with van der Waals surface area (Å²) in [5, 5.41) is 4.42. The van der Waals surface area contributed by atoms with Crippen LogP contribution < -0.4 is 0 Å². The van der Waals surface area contributed by atoms with E-state index in [4.69, 9.17) is 4.42 Å². The molecule has 2 aromatic rings. The van der Waals surface area contributed by atoms with Gasteiger partial charge in [-0.05, 0) is 31.2 Å². The normalized spacial score (nSPS) is 23.5. The van der Waals surface area contributed by atoms with Crippen LogP contribution in [0.15, 0.2) is 10.5 Å². The van der Waals surface area contributed by atoms with Crippen LogP contribution in [0.4, 0.5) is 0 Å². The van der Waals surface area contributed by atoms with E-state index in [1.165, 1.54) is 12.1 Å². The maximum atomic E-state index is 12.9. The molecule has 0 unspecified atom stereocenters. The van der Waals surface area contributed by atoms with Crippen molar-refractivity contribution in [3.05, 3.63) is 34.8 Å². The third kappa shape index (κ3) is 3.78. The van der Waals surface area contributed by atoms with E-state index < -0.39 is 0 Å². The van der Waals surface area contributed by atoms with Crippen molar-refractivity contribution in [2.24, 2.45) is 18.9 Å². The quantitative estimate of drug-likeness (QED) is 0.829. The molecule has 2 atom stereocenters. The van der Waals surface area contributed by atoms with Crippen LogP contribution in [0.2, 0.25) is 0 Å². The predicted molar refractivity (Wildman–Crippen MR) is 101 cm³/mol. The highest BCUT2D eigenvalue weighted by atomic mass is 16.4. The maximum absolute atomic E-state index is 12.9. The molecule has 27 heavy (non-hydrogen) atoms. The van der Waals surface area contributed by atoms with Gasteiger partial charge < -0.3 is 9.32 Å². The third-order valence-corrected chi connectivity index (χ3v) is 5.63. The molecule has 4 rings (SSSR count). The number of carbonyl (C=O) groups excluding carboxylic acids is 1. The average molecular weight is 371 g/mol. The largest absolute Gasteiger partial charge is 0.437 e. The zero-order valence-corrected chi connectivity index (χ0v) is 16.7. The summed E-state index contributed by atoms with van der Waals surface area (Å²) in [5.74, 6) is 2.13. The highest BCUT2D eigenvalue weighted by Gasteiger charge is 2.31. The molecule has 0 bridgehead atoms. The van der Waals surface area contributed by atoms with Gasteiger partial charge in [0.1, 0.15) is 5.76 Å². The summed E-state index contributed by atoms with van der Waals surface area (Å²) in [6.07, 6.45) is 1.97. The molecule has 1 amide bonds. The number of aryl methyl sites for hydroxylation is 2. The van der Waals surface area contributed by atoms with E-state index >= 15 is 0 Å². The van der Waals surface area contributed by atoms with Crippen LogP contribution in [0.1, 0.15) is 53.8 Å². The minimum Gasteiger partial charge on any atom is -0.437 e. The van der Waals surface area contributed by atoms with Gasteiger partial charge in [-0.3, -0.25) is 14.4 Å². The zero-order valence-electron chi connectivity index (χ0n) is 16.7. The second-order valence-corrected chi connectivity index (χ2v) is 8.41. The van der Waals surface area contributed by atoms with Crippen molar-refractivity contribution in [2.75, 3.05) is 19.6 Å². The minimum absolute atomic E-state index is 0.0587. The molecule has 1 saturated heterocycles. The molecule has 2 aliphatic rings. The predicted octanol–water partition coefficient (Wildman–Crippen LogP) is 2.39. The fourth-order valence-electron chi connectivity index (χ4n) is 4.48. The highest BCUT2D eigenvalue weighted by Crippen LogP contribution is 2.25. The first kappa shape index (κ1) is 18.2. The van der Waals surface area contributed by atoms with Crippen LogP contribution in [0.5, 0.6) is 0 Å². The van der Waals surface area contributed by atoms with E-state index in [1.54, 1.807) is 0 Å². The minimum atomic E-state index is -0.0587. The number of piperidine rings is 1. The van der Waals surface area contributed by atoms with Gasteiger partial charge in [-0.2, -0.15) is 5.10 Å². The molecule has 2 aliphatic heterocycles. The summed E-state index contributed by atoms with van der Waals surface area (Å²) in [5.41, 5.74) is 3.12. The van der Waals surface area contributed by atoms with Gasteiger partial charge in [0.15, 0.2) is 0 Å². The molecule has 1 fully saturated rings. The Morgan fingerprint density at radius 1 is 1.30 bits per heavy atom. The summed E-state index contributed by atoms with van der Waals surface area (Å²) in [4.78, 5) is 21.7. The number of aromatic nitrogens is 3. The molecule has 7 heteroatoms. The molecule has 2 aromatic heterocycles. The van der Waals surface area contributed by atoms with Crippen LogP contribution in [0, 0.1) is 18.8 Å². The Hall–Kier alpha value is -2.15. The standard InChI is InChI=1S/C20H29N5O2/c1-13-7-14(2)10-25(9-13)20(26)19-21-17-12-24(6-5-18(17)27-19)11-16-8-15(3)22-23(16)4/h8,13-14H,5-7,9-12H2,1-4H3/t13-,14+. The fraction of sp³-hybridized carbons (Fsp3) is 0.650. The second kappa shape index (κ2) is 7.11. The first-order chi connectivity index (χ1) is 12.9. The lowest BCUT2D eigenvalue weighted by atomic mass is 9.92. The van der Waals surface area contributed by atoms with Crippen molar-refractivity contribution in [2.45, 2.75) is 46.7 Å². The van der Waals surface area contributed by atoms with Crippen LogP contribution in [-0.4, -0.2) is 50.1 Å². The second-order valence-electron chi connectivity index (χ2n) is 8.41. The Bertz CT molecular complexity index is 830. The number of hydrogen-bond donors (Lipinski definition) is 0. The summed E-state index contributed by atoms with van der Waals surface area (Å²) >= 11 is 0. The van der Waals surface area contributed by atoms with Crippen LogP contribution in [0.25, 0.3) is 0 Å². The molecule has 146 valence electrons. The van der Waals surface area contributed by atoms with Crippen molar-refractivity contribution >= 4 is 5.91 Å². The van der Waals surface area contributed by atoms with E-state index in [2.05, 4.69) is 34.9 Å². The number of amides is 1. The lowest BCUT2D eigenvalue weighted by Gasteiger charge is -2.34. The van der Waals surface area contributed by atoms with E-state index in [0.717, 1.165) is 49.7 Å². The van der Waals surface area contributed by atoms with E-state index in [0.29, 0.717) is 18.4 Å². The summed E-state index contributed by atoms with van der Waals surface area (Å²) in [6, 6.07) is 2.12. The highest BCUT2D eigenvalue weighted by molar-refractivity contribution is 5.89. The summed E-state index contributed by atoms with van der Waals surface area (Å²) in [7, 11) is 1.98. The summed E-state index contributed by atoms with van der Waals surface area (Å²) < 4.78 is 7.80. The number of oxazole rings is 1. The summed E-state index contributed by atoms with van der Waals surface area (Å²) in [6.45, 7) is 10.4.